The van der Waals surface area contributed by atoms with Crippen LogP contribution in [0.4, 0.5) is 0 Å². The molecule has 1 aliphatic heterocycles. The van der Waals surface area contributed by atoms with E-state index in [-0.39, 0.29) is 6.42 Å². The lowest BCUT2D eigenvalue weighted by Gasteiger charge is -2.27. The summed E-state index contributed by atoms with van der Waals surface area (Å²) in [5, 5.41) is 8.74. The van der Waals surface area contributed by atoms with Crippen molar-refractivity contribution in [2.24, 2.45) is 0 Å². The highest BCUT2D eigenvalue weighted by Crippen LogP contribution is 2.18. The third-order valence-electron chi connectivity index (χ3n) is 3.85. The van der Waals surface area contributed by atoms with Crippen LogP contribution in [-0.2, 0) is 17.6 Å². The predicted octanol–water partition coefficient (Wildman–Crippen LogP) is 2.34. The molecule has 1 aliphatic rings. The third-order valence-corrected chi connectivity index (χ3v) is 3.85. The minimum atomic E-state index is -0.694. The smallest absolute Gasteiger partial charge is 0.303 e. The van der Waals surface area contributed by atoms with Crippen molar-refractivity contribution in [1.29, 1.82) is 0 Å². The van der Waals surface area contributed by atoms with Crippen LogP contribution in [-0.4, -0.2) is 35.1 Å². The van der Waals surface area contributed by atoms with Gasteiger partial charge in [0.2, 0.25) is 0 Å². The van der Waals surface area contributed by atoms with Crippen molar-refractivity contribution in [1.82, 2.24) is 4.90 Å². The molecule has 1 N–H and O–H groups in total. The fourth-order valence-electron chi connectivity index (χ4n) is 2.64. The molecule has 18 heavy (non-hydrogen) atoms. The van der Waals surface area contributed by atoms with Crippen LogP contribution < -0.4 is 0 Å². The number of fused-ring (bicyclic) bond motifs is 1. The Balaban J connectivity index is 1.93. The van der Waals surface area contributed by atoms with Crippen LogP contribution in [0.3, 0.4) is 0 Å². The number of aliphatic carboxylic acids is 1. The zero-order valence-electron chi connectivity index (χ0n) is 10.9. The molecule has 3 nitrogen and oxygen atoms in total. The van der Waals surface area contributed by atoms with Gasteiger partial charge in [-0.3, -0.25) is 9.69 Å². The summed E-state index contributed by atoms with van der Waals surface area (Å²) < 4.78 is 0. The Morgan fingerprint density at radius 1 is 1.28 bits per heavy atom. The number of rotatable bonds is 4. The summed E-state index contributed by atoms with van der Waals surface area (Å²) in [7, 11) is 0. The maximum absolute atomic E-state index is 10.6. The van der Waals surface area contributed by atoms with E-state index >= 15 is 0 Å². The molecule has 0 saturated heterocycles. The lowest BCUT2D eigenvalue weighted by Crippen LogP contribution is -2.35. The van der Waals surface area contributed by atoms with Crippen LogP contribution in [0.15, 0.2) is 24.3 Å². The molecule has 1 atom stereocenters. The van der Waals surface area contributed by atoms with E-state index in [1.54, 1.807) is 0 Å². The molecule has 0 aliphatic carbocycles. The second-order valence-electron chi connectivity index (χ2n) is 5.09. The molecule has 3 heteroatoms. The minimum Gasteiger partial charge on any atom is -0.481 e. The van der Waals surface area contributed by atoms with Crippen LogP contribution in [0.2, 0.25) is 0 Å². The summed E-state index contributed by atoms with van der Waals surface area (Å²) in [6, 6.07) is 8.97. The van der Waals surface area contributed by atoms with E-state index in [0.717, 1.165) is 32.4 Å². The molecule has 1 unspecified atom stereocenters. The van der Waals surface area contributed by atoms with E-state index in [9.17, 15) is 4.79 Å². The van der Waals surface area contributed by atoms with Gasteiger partial charge in [-0.05, 0) is 37.3 Å². The Hall–Kier alpha value is -1.35. The number of carbonyl (C=O) groups is 1. The maximum atomic E-state index is 10.6. The van der Waals surface area contributed by atoms with E-state index < -0.39 is 5.97 Å². The summed E-state index contributed by atoms with van der Waals surface area (Å²) in [6.45, 7) is 4.22. The van der Waals surface area contributed by atoms with Crippen molar-refractivity contribution >= 4 is 5.97 Å². The molecule has 0 saturated carbocycles. The summed E-state index contributed by atoms with van der Waals surface area (Å²) in [6.07, 6.45) is 3.16. The van der Waals surface area contributed by atoms with Gasteiger partial charge < -0.3 is 5.11 Å². The average Bonchev–Trinajstić information content (AvgIpc) is 2.58. The summed E-state index contributed by atoms with van der Waals surface area (Å²) >= 11 is 0. The Kier molecular flexibility index (Phi) is 4.37. The Morgan fingerprint density at radius 3 is 2.33 bits per heavy atom. The first-order valence-corrected chi connectivity index (χ1v) is 6.69. The van der Waals surface area contributed by atoms with E-state index in [4.69, 9.17) is 5.11 Å². The van der Waals surface area contributed by atoms with Gasteiger partial charge in [0.05, 0.1) is 0 Å². The largest absolute Gasteiger partial charge is 0.481 e. The quantitative estimate of drug-likeness (QED) is 0.887. The van der Waals surface area contributed by atoms with E-state index in [1.165, 1.54) is 11.1 Å². The molecule has 0 aromatic heterocycles. The Morgan fingerprint density at radius 2 is 1.83 bits per heavy atom. The van der Waals surface area contributed by atoms with Crippen molar-refractivity contribution < 1.29 is 9.90 Å². The lowest BCUT2D eigenvalue weighted by atomic mass is 10.0. The minimum absolute atomic E-state index is 0.268. The fourth-order valence-corrected chi connectivity index (χ4v) is 2.64. The standard InChI is InChI=1S/C15H21NO2/c1-12(6-7-15(17)18)16-10-8-13-4-2-3-5-14(13)9-11-16/h2-5,12H,6-11H2,1H3,(H,17,18). The maximum Gasteiger partial charge on any atom is 0.303 e. The molecule has 0 bridgehead atoms. The van der Waals surface area contributed by atoms with Gasteiger partial charge in [-0.25, -0.2) is 0 Å². The van der Waals surface area contributed by atoms with Crippen LogP contribution in [0, 0.1) is 0 Å². The van der Waals surface area contributed by atoms with Crippen molar-refractivity contribution in [3.05, 3.63) is 35.4 Å². The van der Waals surface area contributed by atoms with Gasteiger partial charge in [-0.15, -0.1) is 0 Å². The molecule has 1 aromatic carbocycles. The second kappa shape index (κ2) is 6.01. The van der Waals surface area contributed by atoms with Gasteiger partial charge in [-0.2, -0.15) is 0 Å². The number of carboxylic acid groups (broad SMARTS) is 1. The van der Waals surface area contributed by atoms with Crippen molar-refractivity contribution in [3.63, 3.8) is 0 Å². The van der Waals surface area contributed by atoms with Gasteiger partial charge in [0, 0.05) is 25.6 Å². The van der Waals surface area contributed by atoms with Crippen LogP contribution >= 0.6 is 0 Å². The second-order valence-corrected chi connectivity index (χ2v) is 5.09. The van der Waals surface area contributed by atoms with Gasteiger partial charge >= 0.3 is 5.97 Å². The molecule has 1 aromatic rings. The van der Waals surface area contributed by atoms with Gasteiger partial charge in [0.15, 0.2) is 0 Å². The molecule has 0 fully saturated rings. The first kappa shape index (κ1) is 13.1. The highest BCUT2D eigenvalue weighted by atomic mass is 16.4. The first-order valence-electron chi connectivity index (χ1n) is 6.69. The Bertz CT molecular complexity index is 390. The van der Waals surface area contributed by atoms with E-state index in [0.29, 0.717) is 6.04 Å². The number of hydrogen-bond acceptors (Lipinski definition) is 2. The summed E-state index contributed by atoms with van der Waals surface area (Å²) in [4.78, 5) is 13.0. The molecule has 0 spiro atoms. The topological polar surface area (TPSA) is 40.5 Å². The van der Waals surface area contributed by atoms with Crippen molar-refractivity contribution in [3.8, 4) is 0 Å². The molecule has 2 rings (SSSR count). The molecular weight excluding hydrogens is 226 g/mol. The first-order chi connectivity index (χ1) is 8.66. The number of hydrogen-bond donors (Lipinski definition) is 1. The summed E-state index contributed by atoms with van der Waals surface area (Å²) in [5.41, 5.74) is 2.90. The molecule has 98 valence electrons. The Labute approximate surface area is 108 Å². The van der Waals surface area contributed by atoms with Gasteiger partial charge in [0.1, 0.15) is 0 Å². The highest BCUT2D eigenvalue weighted by Gasteiger charge is 2.18. The van der Waals surface area contributed by atoms with Crippen LogP contribution in [0.5, 0.6) is 0 Å². The molecule has 1 heterocycles. The molecule has 0 amide bonds. The predicted molar refractivity (Wildman–Crippen MR) is 71.8 cm³/mol. The third kappa shape index (κ3) is 3.33. The average molecular weight is 247 g/mol. The number of benzene rings is 1. The monoisotopic (exact) mass is 247 g/mol. The zero-order chi connectivity index (χ0) is 13.0. The van der Waals surface area contributed by atoms with Gasteiger partial charge in [0.25, 0.3) is 0 Å². The SMILES string of the molecule is CC(CCC(=O)O)N1CCc2ccccc2CC1. The fraction of sp³-hybridized carbons (Fsp3) is 0.533. The van der Waals surface area contributed by atoms with Crippen LogP contribution in [0.25, 0.3) is 0 Å². The van der Waals surface area contributed by atoms with Crippen molar-refractivity contribution in [2.45, 2.75) is 38.6 Å². The lowest BCUT2D eigenvalue weighted by molar-refractivity contribution is -0.137. The zero-order valence-corrected chi connectivity index (χ0v) is 10.9. The van der Waals surface area contributed by atoms with Crippen LogP contribution in [0.1, 0.15) is 30.9 Å². The molecule has 0 radical (unpaired) electrons. The number of nitrogens with zero attached hydrogens (tertiary/aromatic N) is 1. The molecular formula is C15H21NO2. The highest BCUT2D eigenvalue weighted by molar-refractivity contribution is 5.66. The van der Waals surface area contributed by atoms with E-state index in [2.05, 4.69) is 36.1 Å². The van der Waals surface area contributed by atoms with E-state index in [1.807, 2.05) is 0 Å². The van der Waals surface area contributed by atoms with Gasteiger partial charge in [-0.1, -0.05) is 24.3 Å². The normalized spacial score (nSPS) is 17.8. The number of carboxylic acids is 1. The summed E-state index contributed by atoms with van der Waals surface area (Å²) in [5.74, 6) is -0.694. The van der Waals surface area contributed by atoms with Crippen molar-refractivity contribution in [2.75, 3.05) is 13.1 Å².